The number of amides is 1. The second kappa shape index (κ2) is 10.4. The minimum atomic E-state index is -2.82. The lowest BCUT2D eigenvalue weighted by Crippen LogP contribution is -2.31. The monoisotopic (exact) mass is 362 g/mol. The molecule has 0 fully saturated rings. The number of halogens is 2. The van der Waals surface area contributed by atoms with Gasteiger partial charge in [0.1, 0.15) is 5.75 Å². The van der Waals surface area contributed by atoms with Crippen molar-refractivity contribution >= 4 is 11.6 Å². The smallest absolute Gasteiger partial charge is 0.387 e. The highest BCUT2D eigenvalue weighted by atomic mass is 19.3. The van der Waals surface area contributed by atoms with E-state index in [4.69, 9.17) is 0 Å². The summed E-state index contributed by atoms with van der Waals surface area (Å²) in [4.78, 5) is 11.9. The molecule has 0 aliphatic carbocycles. The summed E-state index contributed by atoms with van der Waals surface area (Å²) in [6.45, 7) is -0.00284. The fraction of sp³-hybridized carbons (Fsp3) is 0.350. The molecule has 2 aromatic carbocycles. The van der Waals surface area contributed by atoms with Crippen LogP contribution in [0.3, 0.4) is 0 Å². The average Bonchev–Trinajstić information content (AvgIpc) is 2.62. The van der Waals surface area contributed by atoms with Crippen LogP contribution in [-0.2, 0) is 17.6 Å². The maximum atomic E-state index is 12.1. The van der Waals surface area contributed by atoms with Crippen molar-refractivity contribution in [2.45, 2.75) is 32.8 Å². The molecule has 26 heavy (non-hydrogen) atoms. The lowest BCUT2D eigenvalue weighted by molar-refractivity contribution is -0.119. The first-order chi connectivity index (χ1) is 12.6. The van der Waals surface area contributed by atoms with Crippen LogP contribution in [0.2, 0.25) is 0 Å². The number of ether oxygens (including phenoxy) is 1. The molecule has 4 nitrogen and oxygen atoms in total. The number of alkyl halides is 2. The quantitative estimate of drug-likeness (QED) is 0.671. The maximum absolute atomic E-state index is 12.1. The summed E-state index contributed by atoms with van der Waals surface area (Å²) in [6.07, 6.45) is 2.78. The standard InChI is InChI=1S/C20H24F2N2O2/c1-2-3-15-4-8-17(9-5-15)24-14-19(25)23-13-12-16-6-10-18(11-7-16)26-20(21)22/h4-11,20,24H,2-3,12-14H2,1H3,(H,23,25). The zero-order valence-electron chi connectivity index (χ0n) is 14.8. The summed E-state index contributed by atoms with van der Waals surface area (Å²) in [5.74, 6) is 0.0298. The van der Waals surface area contributed by atoms with Crippen LogP contribution in [0, 0.1) is 0 Å². The fourth-order valence-corrected chi connectivity index (χ4v) is 2.51. The number of anilines is 1. The third kappa shape index (κ3) is 7.09. The summed E-state index contributed by atoms with van der Waals surface area (Å²) in [6, 6.07) is 14.5. The molecule has 0 aliphatic rings. The Kier molecular flexibility index (Phi) is 7.86. The summed E-state index contributed by atoms with van der Waals surface area (Å²) in [7, 11) is 0. The van der Waals surface area contributed by atoms with Gasteiger partial charge < -0.3 is 15.4 Å². The van der Waals surface area contributed by atoms with E-state index in [1.807, 2.05) is 12.1 Å². The van der Waals surface area contributed by atoms with E-state index in [0.29, 0.717) is 13.0 Å². The van der Waals surface area contributed by atoms with Crippen molar-refractivity contribution in [1.29, 1.82) is 0 Å². The van der Waals surface area contributed by atoms with E-state index < -0.39 is 6.61 Å². The van der Waals surface area contributed by atoms with E-state index in [1.54, 1.807) is 12.1 Å². The molecule has 140 valence electrons. The molecule has 2 rings (SSSR count). The van der Waals surface area contributed by atoms with Crippen molar-refractivity contribution in [3.63, 3.8) is 0 Å². The topological polar surface area (TPSA) is 50.4 Å². The number of benzene rings is 2. The lowest BCUT2D eigenvalue weighted by Gasteiger charge is -2.09. The van der Waals surface area contributed by atoms with Gasteiger partial charge in [0.2, 0.25) is 5.91 Å². The first-order valence-corrected chi connectivity index (χ1v) is 8.70. The van der Waals surface area contributed by atoms with Crippen molar-refractivity contribution < 1.29 is 18.3 Å². The summed E-state index contributed by atoms with van der Waals surface area (Å²) in [5, 5.41) is 5.92. The van der Waals surface area contributed by atoms with Crippen LogP contribution in [0.4, 0.5) is 14.5 Å². The molecule has 0 aliphatic heterocycles. The van der Waals surface area contributed by atoms with Crippen LogP contribution < -0.4 is 15.4 Å². The molecule has 0 bridgehead atoms. The van der Waals surface area contributed by atoms with Crippen LogP contribution in [0.25, 0.3) is 0 Å². The number of hydrogen-bond acceptors (Lipinski definition) is 3. The van der Waals surface area contributed by atoms with Gasteiger partial charge in [-0.15, -0.1) is 0 Å². The van der Waals surface area contributed by atoms with Crippen LogP contribution in [0.5, 0.6) is 5.75 Å². The fourth-order valence-electron chi connectivity index (χ4n) is 2.51. The van der Waals surface area contributed by atoms with Gasteiger partial charge in [0.15, 0.2) is 0 Å². The zero-order chi connectivity index (χ0) is 18.8. The summed E-state index contributed by atoms with van der Waals surface area (Å²) < 4.78 is 28.5. The van der Waals surface area contributed by atoms with E-state index >= 15 is 0 Å². The molecule has 0 saturated carbocycles. The predicted octanol–water partition coefficient (Wildman–Crippen LogP) is 4.01. The molecule has 0 aromatic heterocycles. The van der Waals surface area contributed by atoms with Crippen molar-refractivity contribution in [2.75, 3.05) is 18.4 Å². The molecule has 0 spiro atoms. The first-order valence-electron chi connectivity index (χ1n) is 8.70. The normalized spacial score (nSPS) is 10.6. The van der Waals surface area contributed by atoms with Crippen molar-refractivity contribution in [3.8, 4) is 5.75 Å². The Bertz CT molecular complexity index is 673. The summed E-state index contributed by atoms with van der Waals surface area (Å²) in [5.41, 5.74) is 3.13. The van der Waals surface area contributed by atoms with Crippen LogP contribution in [0.1, 0.15) is 24.5 Å². The van der Waals surface area contributed by atoms with Gasteiger partial charge in [0, 0.05) is 12.2 Å². The Morgan fingerprint density at radius 2 is 1.62 bits per heavy atom. The molecule has 6 heteroatoms. The molecule has 0 heterocycles. The van der Waals surface area contributed by atoms with Gasteiger partial charge in [0.05, 0.1) is 6.54 Å². The third-order valence-corrected chi connectivity index (χ3v) is 3.83. The Balaban J connectivity index is 1.67. The molecular weight excluding hydrogens is 338 g/mol. The minimum absolute atomic E-state index is 0.0970. The number of nitrogens with one attached hydrogen (secondary N) is 2. The van der Waals surface area contributed by atoms with Crippen LogP contribution >= 0.6 is 0 Å². The lowest BCUT2D eigenvalue weighted by atomic mass is 10.1. The van der Waals surface area contributed by atoms with Crippen molar-refractivity contribution in [3.05, 3.63) is 59.7 Å². The largest absolute Gasteiger partial charge is 0.435 e. The van der Waals surface area contributed by atoms with Gasteiger partial charge in [-0.2, -0.15) is 8.78 Å². The number of hydrogen-bond donors (Lipinski definition) is 2. The second-order valence-corrected chi connectivity index (χ2v) is 5.92. The highest BCUT2D eigenvalue weighted by molar-refractivity contribution is 5.80. The third-order valence-electron chi connectivity index (χ3n) is 3.83. The highest BCUT2D eigenvalue weighted by Gasteiger charge is 2.04. The molecule has 2 aromatic rings. The van der Waals surface area contributed by atoms with Crippen LogP contribution in [-0.4, -0.2) is 25.6 Å². The SMILES string of the molecule is CCCc1ccc(NCC(=O)NCCc2ccc(OC(F)F)cc2)cc1. The maximum Gasteiger partial charge on any atom is 0.387 e. The first kappa shape index (κ1) is 19.7. The van der Waals surface area contributed by atoms with E-state index in [9.17, 15) is 13.6 Å². The van der Waals surface area contributed by atoms with E-state index in [1.165, 1.54) is 17.7 Å². The van der Waals surface area contributed by atoms with Crippen LogP contribution in [0.15, 0.2) is 48.5 Å². The predicted molar refractivity (Wildman–Crippen MR) is 98.7 cm³/mol. The molecule has 0 atom stereocenters. The average molecular weight is 362 g/mol. The molecule has 2 N–H and O–H groups in total. The van der Waals surface area contributed by atoms with E-state index in [2.05, 4.69) is 34.4 Å². The van der Waals surface area contributed by atoms with E-state index in [-0.39, 0.29) is 18.2 Å². The minimum Gasteiger partial charge on any atom is -0.435 e. The van der Waals surface area contributed by atoms with Crippen molar-refractivity contribution in [2.24, 2.45) is 0 Å². The molecule has 0 unspecified atom stereocenters. The molecular formula is C20H24F2N2O2. The number of carbonyl (C=O) groups excluding carboxylic acids is 1. The van der Waals surface area contributed by atoms with E-state index in [0.717, 1.165) is 24.1 Å². The van der Waals surface area contributed by atoms with Gasteiger partial charge in [-0.25, -0.2) is 0 Å². The van der Waals surface area contributed by atoms with Gasteiger partial charge >= 0.3 is 6.61 Å². The second-order valence-electron chi connectivity index (χ2n) is 5.92. The van der Waals surface area contributed by atoms with Gasteiger partial charge in [0.25, 0.3) is 0 Å². The van der Waals surface area contributed by atoms with Crippen molar-refractivity contribution in [1.82, 2.24) is 5.32 Å². The highest BCUT2D eigenvalue weighted by Crippen LogP contribution is 2.15. The summed E-state index contributed by atoms with van der Waals surface area (Å²) >= 11 is 0. The number of aryl methyl sites for hydroxylation is 1. The zero-order valence-corrected chi connectivity index (χ0v) is 14.8. The Morgan fingerprint density at radius 3 is 2.23 bits per heavy atom. The Morgan fingerprint density at radius 1 is 1.00 bits per heavy atom. The molecule has 0 saturated heterocycles. The van der Waals surface area contributed by atoms with Gasteiger partial charge in [-0.1, -0.05) is 37.6 Å². The van der Waals surface area contributed by atoms with Gasteiger partial charge in [-0.05, 0) is 48.2 Å². The molecule has 0 radical (unpaired) electrons. The van der Waals surface area contributed by atoms with Gasteiger partial charge in [-0.3, -0.25) is 4.79 Å². The number of rotatable bonds is 10. The molecule has 1 amide bonds. The Hall–Kier alpha value is -2.63. The Labute approximate surface area is 152 Å². The number of carbonyl (C=O) groups is 1.